The van der Waals surface area contributed by atoms with E-state index in [-0.39, 0.29) is 24.3 Å². The van der Waals surface area contributed by atoms with Gasteiger partial charge in [0, 0.05) is 19.5 Å². The van der Waals surface area contributed by atoms with Gasteiger partial charge in [-0.2, -0.15) is 4.98 Å². The first kappa shape index (κ1) is 17.1. The van der Waals surface area contributed by atoms with Crippen LogP contribution in [-0.4, -0.2) is 39.9 Å². The minimum absolute atomic E-state index is 0.0691. The van der Waals surface area contributed by atoms with E-state index >= 15 is 0 Å². The van der Waals surface area contributed by atoms with E-state index in [1.165, 1.54) is 0 Å². The second-order valence-corrected chi connectivity index (χ2v) is 6.15. The number of hydrogen-bond acceptors (Lipinski definition) is 5. The van der Waals surface area contributed by atoms with Gasteiger partial charge in [-0.3, -0.25) is 9.59 Å². The lowest BCUT2D eigenvalue weighted by atomic mass is 9.96. The Morgan fingerprint density at radius 2 is 2.16 bits per heavy atom. The Kier molecular flexibility index (Phi) is 5.42. The molecule has 132 valence electrons. The third-order valence-corrected chi connectivity index (χ3v) is 4.38. The summed E-state index contributed by atoms with van der Waals surface area (Å²) in [7, 11) is 0. The highest BCUT2D eigenvalue weighted by atomic mass is 16.5. The zero-order valence-corrected chi connectivity index (χ0v) is 14.3. The molecule has 1 aromatic heterocycles. The molecule has 1 atom stereocenters. The van der Waals surface area contributed by atoms with Gasteiger partial charge in [0.1, 0.15) is 0 Å². The normalized spacial score (nSPS) is 17.6. The second kappa shape index (κ2) is 7.92. The lowest BCUT2D eigenvalue weighted by Gasteiger charge is -2.30. The van der Waals surface area contributed by atoms with Crippen LogP contribution >= 0.6 is 0 Å². The zero-order chi connectivity index (χ0) is 17.6. The highest BCUT2D eigenvalue weighted by Crippen LogP contribution is 2.17. The van der Waals surface area contributed by atoms with Crippen LogP contribution < -0.4 is 5.32 Å². The molecule has 2 aromatic rings. The fourth-order valence-corrected chi connectivity index (χ4v) is 2.95. The first-order chi connectivity index (χ1) is 12.2. The molecule has 0 aliphatic carbocycles. The molecule has 7 nitrogen and oxygen atoms in total. The van der Waals surface area contributed by atoms with Gasteiger partial charge in [-0.25, -0.2) is 0 Å². The number of amides is 2. The van der Waals surface area contributed by atoms with Crippen LogP contribution in [0.1, 0.15) is 37.0 Å². The van der Waals surface area contributed by atoms with Gasteiger partial charge in [0.05, 0.1) is 18.9 Å². The first-order valence-electron chi connectivity index (χ1n) is 8.56. The van der Waals surface area contributed by atoms with Crippen LogP contribution in [0.4, 0.5) is 0 Å². The van der Waals surface area contributed by atoms with Crippen LogP contribution in [0.3, 0.4) is 0 Å². The molecule has 2 heterocycles. The summed E-state index contributed by atoms with van der Waals surface area (Å²) in [6.07, 6.45) is 1.58. The molecule has 3 rings (SSSR count). The Bertz CT molecular complexity index is 729. The van der Waals surface area contributed by atoms with Gasteiger partial charge in [0.25, 0.3) is 0 Å². The van der Waals surface area contributed by atoms with Gasteiger partial charge in [0.2, 0.25) is 17.7 Å². The Labute approximate surface area is 146 Å². The Morgan fingerprint density at radius 1 is 1.36 bits per heavy atom. The molecule has 1 N–H and O–H groups in total. The molecule has 1 fully saturated rings. The quantitative estimate of drug-likeness (QED) is 0.860. The molecular formula is C18H22N4O3. The molecule has 0 saturated carbocycles. The summed E-state index contributed by atoms with van der Waals surface area (Å²) in [5, 5.41) is 6.75. The lowest BCUT2D eigenvalue weighted by Crippen LogP contribution is -2.45. The van der Waals surface area contributed by atoms with E-state index < -0.39 is 0 Å². The van der Waals surface area contributed by atoms with E-state index in [1.54, 1.807) is 4.90 Å². The number of carbonyl (C=O) groups excluding carboxylic acids is 2. The molecule has 0 bridgehead atoms. The maximum absolute atomic E-state index is 12.3. The second-order valence-electron chi connectivity index (χ2n) is 6.15. The van der Waals surface area contributed by atoms with Crippen LogP contribution in [0.5, 0.6) is 0 Å². The third kappa shape index (κ3) is 4.43. The van der Waals surface area contributed by atoms with Crippen molar-refractivity contribution in [3.05, 3.63) is 47.6 Å². The molecule has 25 heavy (non-hydrogen) atoms. The van der Waals surface area contributed by atoms with Crippen molar-refractivity contribution in [3.8, 4) is 0 Å². The predicted molar refractivity (Wildman–Crippen MR) is 90.4 cm³/mol. The summed E-state index contributed by atoms with van der Waals surface area (Å²) in [6.45, 7) is 3.27. The van der Waals surface area contributed by atoms with Gasteiger partial charge in [0.15, 0.2) is 5.82 Å². The largest absolute Gasteiger partial charge is 0.348 e. The van der Waals surface area contributed by atoms with Gasteiger partial charge >= 0.3 is 0 Å². The van der Waals surface area contributed by atoms with Crippen molar-refractivity contribution in [1.82, 2.24) is 20.4 Å². The van der Waals surface area contributed by atoms with Crippen molar-refractivity contribution in [3.63, 3.8) is 0 Å². The highest BCUT2D eigenvalue weighted by Gasteiger charge is 2.29. The molecule has 1 aliphatic rings. The molecule has 1 aromatic carbocycles. The minimum Gasteiger partial charge on any atom is -0.348 e. The van der Waals surface area contributed by atoms with Gasteiger partial charge in [-0.1, -0.05) is 35.5 Å². The van der Waals surface area contributed by atoms with Crippen molar-refractivity contribution >= 4 is 11.8 Å². The number of nitrogens with zero attached hydrogens (tertiary/aromatic N) is 3. The van der Waals surface area contributed by atoms with E-state index in [9.17, 15) is 9.59 Å². The Balaban J connectivity index is 1.50. The van der Waals surface area contributed by atoms with Crippen molar-refractivity contribution in [1.29, 1.82) is 0 Å². The molecule has 2 amide bonds. The molecule has 0 unspecified atom stereocenters. The summed E-state index contributed by atoms with van der Waals surface area (Å²) in [6, 6.07) is 9.87. The van der Waals surface area contributed by atoms with Gasteiger partial charge in [-0.15, -0.1) is 0 Å². The predicted octanol–water partition coefficient (Wildman–Crippen LogP) is 1.54. The fourth-order valence-electron chi connectivity index (χ4n) is 2.95. The smallest absolute Gasteiger partial charge is 0.231 e. The van der Waals surface area contributed by atoms with E-state index in [0.717, 1.165) is 5.56 Å². The van der Waals surface area contributed by atoms with Crippen molar-refractivity contribution in [2.75, 3.05) is 13.1 Å². The highest BCUT2D eigenvalue weighted by molar-refractivity contribution is 5.83. The van der Waals surface area contributed by atoms with Crippen LogP contribution in [0.15, 0.2) is 34.9 Å². The SMILES string of the molecule is CCN1C[C@H](C(=O)NCc2noc(Cc3ccccc3)n2)CCC1=O. The van der Waals surface area contributed by atoms with Gasteiger partial charge in [-0.05, 0) is 18.9 Å². The maximum atomic E-state index is 12.3. The minimum atomic E-state index is -0.173. The maximum Gasteiger partial charge on any atom is 0.231 e. The monoisotopic (exact) mass is 342 g/mol. The topological polar surface area (TPSA) is 88.3 Å². The number of hydrogen-bond donors (Lipinski definition) is 1. The summed E-state index contributed by atoms with van der Waals surface area (Å²) < 4.78 is 5.23. The number of benzene rings is 1. The first-order valence-corrected chi connectivity index (χ1v) is 8.56. The standard InChI is InChI=1S/C18H22N4O3/c1-2-22-12-14(8-9-17(22)23)18(24)19-11-15-20-16(25-21-15)10-13-6-4-3-5-7-13/h3-7,14H,2,8-12H2,1H3,(H,19,24)/t14-/m1/s1. The van der Waals surface area contributed by atoms with Crippen LogP contribution in [0.2, 0.25) is 0 Å². The molecular weight excluding hydrogens is 320 g/mol. The summed E-state index contributed by atoms with van der Waals surface area (Å²) in [5.74, 6) is 0.860. The molecule has 0 radical (unpaired) electrons. The summed E-state index contributed by atoms with van der Waals surface area (Å²) in [5.41, 5.74) is 1.09. The van der Waals surface area contributed by atoms with Crippen molar-refractivity contribution in [2.24, 2.45) is 5.92 Å². The van der Waals surface area contributed by atoms with Crippen LogP contribution in [0, 0.1) is 5.92 Å². The summed E-state index contributed by atoms with van der Waals surface area (Å²) >= 11 is 0. The Hall–Kier alpha value is -2.70. The number of rotatable bonds is 6. The van der Waals surface area contributed by atoms with Crippen LogP contribution in [-0.2, 0) is 22.6 Å². The van der Waals surface area contributed by atoms with E-state index in [4.69, 9.17) is 4.52 Å². The van der Waals surface area contributed by atoms with E-state index in [2.05, 4.69) is 15.5 Å². The molecule has 7 heteroatoms. The number of carbonyl (C=O) groups is 2. The number of likely N-dealkylation sites (tertiary alicyclic amines) is 1. The van der Waals surface area contributed by atoms with Crippen LogP contribution in [0.25, 0.3) is 0 Å². The average Bonchev–Trinajstić information content (AvgIpc) is 3.08. The summed E-state index contributed by atoms with van der Waals surface area (Å²) in [4.78, 5) is 30.0. The van der Waals surface area contributed by atoms with Crippen molar-refractivity contribution in [2.45, 2.75) is 32.7 Å². The zero-order valence-electron chi connectivity index (χ0n) is 14.3. The number of nitrogens with one attached hydrogen (secondary N) is 1. The molecule has 0 spiro atoms. The molecule has 1 saturated heterocycles. The number of aromatic nitrogens is 2. The molecule has 1 aliphatic heterocycles. The third-order valence-electron chi connectivity index (χ3n) is 4.38. The lowest BCUT2D eigenvalue weighted by molar-refractivity contribution is -0.138. The number of piperidine rings is 1. The van der Waals surface area contributed by atoms with E-state index in [0.29, 0.717) is 44.1 Å². The Morgan fingerprint density at radius 3 is 2.92 bits per heavy atom. The van der Waals surface area contributed by atoms with Gasteiger partial charge < -0.3 is 14.7 Å². The fraction of sp³-hybridized carbons (Fsp3) is 0.444. The van der Waals surface area contributed by atoms with Crippen molar-refractivity contribution < 1.29 is 14.1 Å². The average molecular weight is 342 g/mol. The van der Waals surface area contributed by atoms with E-state index in [1.807, 2.05) is 37.3 Å².